The number of carbonyl (C=O) groups is 2. The Bertz CT molecular complexity index is 1320. The summed E-state index contributed by atoms with van der Waals surface area (Å²) in [6.45, 7) is 9.05. The Morgan fingerprint density at radius 3 is 2.44 bits per heavy atom. The molecule has 3 N–H and O–H groups in total. The van der Waals surface area contributed by atoms with E-state index in [9.17, 15) is 19.6 Å². The summed E-state index contributed by atoms with van der Waals surface area (Å²) < 4.78 is 0. The van der Waals surface area contributed by atoms with Crippen LogP contribution in [-0.2, 0) is 16.0 Å². The summed E-state index contributed by atoms with van der Waals surface area (Å²) in [4.78, 5) is 43.6. The standard InChI is InChI=1S/C25H27N5O3S/c1-14-18(15(2)27-22(32)19(14)12-26)10-11-21(31)30-24-29-20(13-34-24)16-6-8-17(9-7-16)28-23(33)25(3,4)5/h6-9,13H,10-11H2,1-5H3,(H,27,32)(H,28,33)(H,29,30,31). The normalized spacial score (nSPS) is 11.1. The summed E-state index contributed by atoms with van der Waals surface area (Å²) in [6, 6.07) is 9.30. The molecule has 9 heteroatoms. The fraction of sp³-hybridized carbons (Fsp3) is 0.320. The molecule has 3 aromatic rings. The summed E-state index contributed by atoms with van der Waals surface area (Å²) in [5.41, 5.74) is 3.55. The minimum Gasteiger partial charge on any atom is -0.326 e. The van der Waals surface area contributed by atoms with Crippen molar-refractivity contribution in [3.8, 4) is 17.3 Å². The van der Waals surface area contributed by atoms with Crippen LogP contribution in [0.2, 0.25) is 0 Å². The number of nitrogens with one attached hydrogen (secondary N) is 3. The molecule has 0 unspecified atom stereocenters. The number of aromatic nitrogens is 2. The number of hydrogen-bond donors (Lipinski definition) is 3. The highest BCUT2D eigenvalue weighted by Gasteiger charge is 2.21. The van der Waals surface area contributed by atoms with Gasteiger partial charge in [-0.1, -0.05) is 32.9 Å². The molecule has 0 aliphatic carbocycles. The van der Waals surface area contributed by atoms with Gasteiger partial charge in [0.25, 0.3) is 5.56 Å². The molecule has 0 spiro atoms. The molecule has 0 aliphatic rings. The van der Waals surface area contributed by atoms with Crippen molar-refractivity contribution in [2.45, 2.75) is 47.5 Å². The average Bonchev–Trinajstić information content (AvgIpc) is 3.21. The molecule has 0 radical (unpaired) electrons. The van der Waals surface area contributed by atoms with Gasteiger partial charge < -0.3 is 15.6 Å². The van der Waals surface area contributed by atoms with Crippen LogP contribution in [0.15, 0.2) is 34.4 Å². The Labute approximate surface area is 202 Å². The van der Waals surface area contributed by atoms with Crippen LogP contribution in [0, 0.1) is 30.6 Å². The first-order valence-electron chi connectivity index (χ1n) is 10.8. The van der Waals surface area contributed by atoms with Gasteiger partial charge in [-0.05, 0) is 43.5 Å². The van der Waals surface area contributed by atoms with Crippen LogP contribution in [0.5, 0.6) is 0 Å². The number of amides is 2. The minimum atomic E-state index is -0.478. The van der Waals surface area contributed by atoms with E-state index in [0.29, 0.717) is 28.5 Å². The molecule has 2 amide bonds. The van der Waals surface area contributed by atoms with Gasteiger partial charge in [0.1, 0.15) is 11.6 Å². The first kappa shape index (κ1) is 24.9. The Balaban J connectivity index is 1.62. The van der Waals surface area contributed by atoms with Crippen molar-refractivity contribution in [3.05, 3.63) is 62.4 Å². The number of nitriles is 1. The molecule has 3 rings (SSSR count). The second-order valence-corrected chi connectivity index (χ2v) is 9.90. The first-order chi connectivity index (χ1) is 16.0. The van der Waals surface area contributed by atoms with E-state index < -0.39 is 11.0 Å². The topological polar surface area (TPSA) is 128 Å². The third-order valence-electron chi connectivity index (χ3n) is 5.39. The predicted octanol–water partition coefficient (Wildman–Crippen LogP) is 4.54. The third kappa shape index (κ3) is 5.77. The van der Waals surface area contributed by atoms with E-state index in [4.69, 9.17) is 0 Å². The molecular formula is C25H27N5O3S. The fourth-order valence-corrected chi connectivity index (χ4v) is 4.08. The molecule has 8 nitrogen and oxygen atoms in total. The van der Waals surface area contributed by atoms with E-state index in [1.54, 1.807) is 13.8 Å². The summed E-state index contributed by atoms with van der Waals surface area (Å²) >= 11 is 1.32. The maximum absolute atomic E-state index is 12.5. The Hall–Kier alpha value is -3.77. The number of aromatic amines is 1. The van der Waals surface area contributed by atoms with Gasteiger partial charge in [0, 0.05) is 34.2 Å². The third-order valence-corrected chi connectivity index (χ3v) is 6.15. The smallest absolute Gasteiger partial charge is 0.266 e. The molecule has 0 bridgehead atoms. The Morgan fingerprint density at radius 2 is 1.82 bits per heavy atom. The second-order valence-electron chi connectivity index (χ2n) is 9.04. The van der Waals surface area contributed by atoms with Gasteiger partial charge in [0.2, 0.25) is 11.8 Å². The summed E-state index contributed by atoms with van der Waals surface area (Å²) in [5.74, 6) is -0.264. The summed E-state index contributed by atoms with van der Waals surface area (Å²) in [5, 5.41) is 17.2. The van der Waals surface area contributed by atoms with Gasteiger partial charge in [0.15, 0.2) is 5.13 Å². The van der Waals surface area contributed by atoms with Crippen LogP contribution in [-0.4, -0.2) is 21.8 Å². The summed E-state index contributed by atoms with van der Waals surface area (Å²) in [6.07, 6.45) is 0.588. The Kier molecular flexibility index (Phi) is 7.32. The van der Waals surface area contributed by atoms with Crippen molar-refractivity contribution in [2.75, 3.05) is 10.6 Å². The number of aryl methyl sites for hydroxylation is 1. The zero-order valence-electron chi connectivity index (χ0n) is 19.8. The maximum atomic E-state index is 12.5. The minimum absolute atomic E-state index is 0.0602. The number of rotatable bonds is 6. The van der Waals surface area contributed by atoms with E-state index in [1.165, 1.54) is 11.3 Å². The van der Waals surface area contributed by atoms with E-state index in [1.807, 2.05) is 56.5 Å². The monoisotopic (exact) mass is 477 g/mol. The van der Waals surface area contributed by atoms with Crippen LogP contribution in [0.1, 0.15) is 49.6 Å². The second kappa shape index (κ2) is 10.0. The number of nitrogens with zero attached hydrogens (tertiary/aromatic N) is 2. The highest BCUT2D eigenvalue weighted by molar-refractivity contribution is 7.14. The molecule has 0 saturated carbocycles. The SMILES string of the molecule is Cc1[nH]c(=O)c(C#N)c(C)c1CCC(=O)Nc1nc(-c2ccc(NC(=O)C(C)(C)C)cc2)cs1. The molecule has 0 fully saturated rings. The van der Waals surface area contributed by atoms with Crippen molar-refractivity contribution in [3.63, 3.8) is 0 Å². The van der Waals surface area contributed by atoms with Gasteiger partial charge >= 0.3 is 0 Å². The molecular weight excluding hydrogens is 450 g/mol. The number of pyridine rings is 1. The van der Waals surface area contributed by atoms with Gasteiger partial charge in [-0.15, -0.1) is 11.3 Å². The van der Waals surface area contributed by atoms with Gasteiger partial charge in [-0.3, -0.25) is 14.4 Å². The maximum Gasteiger partial charge on any atom is 0.266 e. The van der Waals surface area contributed by atoms with Crippen molar-refractivity contribution in [1.29, 1.82) is 5.26 Å². The van der Waals surface area contributed by atoms with Gasteiger partial charge in [-0.25, -0.2) is 4.98 Å². The lowest BCUT2D eigenvalue weighted by Gasteiger charge is -2.17. The van der Waals surface area contributed by atoms with Crippen molar-refractivity contribution < 1.29 is 9.59 Å². The van der Waals surface area contributed by atoms with E-state index in [-0.39, 0.29) is 23.8 Å². The quantitative estimate of drug-likeness (QED) is 0.480. The average molecular weight is 478 g/mol. The lowest BCUT2D eigenvalue weighted by Crippen LogP contribution is -2.27. The number of thiazole rings is 1. The van der Waals surface area contributed by atoms with E-state index in [2.05, 4.69) is 20.6 Å². The first-order valence-corrected chi connectivity index (χ1v) is 11.7. The number of H-pyrrole nitrogens is 1. The van der Waals surface area contributed by atoms with Gasteiger partial charge in [-0.2, -0.15) is 5.26 Å². The van der Waals surface area contributed by atoms with Crippen LogP contribution in [0.4, 0.5) is 10.8 Å². The fourth-order valence-electron chi connectivity index (χ4n) is 3.35. The number of anilines is 2. The number of hydrogen-bond acceptors (Lipinski definition) is 6. The predicted molar refractivity (Wildman–Crippen MR) is 134 cm³/mol. The van der Waals surface area contributed by atoms with Crippen molar-refractivity contribution in [1.82, 2.24) is 9.97 Å². The van der Waals surface area contributed by atoms with Crippen LogP contribution in [0.3, 0.4) is 0 Å². The van der Waals surface area contributed by atoms with E-state index in [0.717, 1.165) is 16.8 Å². The molecule has 0 aliphatic heterocycles. The molecule has 34 heavy (non-hydrogen) atoms. The molecule has 176 valence electrons. The summed E-state index contributed by atoms with van der Waals surface area (Å²) in [7, 11) is 0. The Morgan fingerprint density at radius 1 is 1.15 bits per heavy atom. The van der Waals surface area contributed by atoms with Crippen molar-refractivity contribution >= 4 is 34.0 Å². The largest absolute Gasteiger partial charge is 0.326 e. The zero-order chi connectivity index (χ0) is 25.0. The molecule has 2 heterocycles. The molecule has 1 aromatic carbocycles. The zero-order valence-corrected chi connectivity index (χ0v) is 20.6. The molecule has 0 atom stereocenters. The van der Waals surface area contributed by atoms with Crippen LogP contribution in [0.25, 0.3) is 11.3 Å². The lowest BCUT2D eigenvalue weighted by molar-refractivity contribution is -0.123. The number of carbonyl (C=O) groups excluding carboxylic acids is 2. The van der Waals surface area contributed by atoms with Crippen LogP contribution < -0.4 is 16.2 Å². The van der Waals surface area contributed by atoms with Gasteiger partial charge in [0.05, 0.1) is 5.69 Å². The van der Waals surface area contributed by atoms with E-state index >= 15 is 0 Å². The lowest BCUT2D eigenvalue weighted by atomic mass is 9.95. The number of benzene rings is 1. The van der Waals surface area contributed by atoms with Crippen LogP contribution >= 0.6 is 11.3 Å². The molecule has 2 aromatic heterocycles. The highest BCUT2D eigenvalue weighted by atomic mass is 32.1. The highest BCUT2D eigenvalue weighted by Crippen LogP contribution is 2.27. The molecule has 0 saturated heterocycles. The van der Waals surface area contributed by atoms with Crippen molar-refractivity contribution in [2.24, 2.45) is 5.41 Å².